The Morgan fingerprint density at radius 2 is 2.04 bits per heavy atom. The third-order valence-corrected chi connectivity index (χ3v) is 3.44. The van der Waals surface area contributed by atoms with Gasteiger partial charge in [-0.1, -0.05) is 18.2 Å². The first kappa shape index (κ1) is 16.6. The molecule has 8 nitrogen and oxygen atoms in total. The lowest BCUT2D eigenvalue weighted by Crippen LogP contribution is -2.51. The predicted molar refractivity (Wildman–Crippen MR) is 77.2 cm³/mol. The van der Waals surface area contributed by atoms with Gasteiger partial charge in [0.2, 0.25) is 11.8 Å². The van der Waals surface area contributed by atoms with Gasteiger partial charge in [0.1, 0.15) is 6.54 Å². The van der Waals surface area contributed by atoms with Crippen LogP contribution in [0.2, 0.25) is 0 Å². The summed E-state index contributed by atoms with van der Waals surface area (Å²) in [5.74, 6) is -2.62. The monoisotopic (exact) mass is 320 g/mol. The zero-order chi connectivity index (χ0) is 17.0. The number of benzene rings is 1. The molecule has 1 heterocycles. The number of amides is 3. The van der Waals surface area contributed by atoms with Gasteiger partial charge >= 0.3 is 5.97 Å². The molecule has 0 aliphatic carbocycles. The maximum absolute atomic E-state index is 12.3. The number of imide groups is 1. The molecule has 0 saturated carbocycles. The first-order chi connectivity index (χ1) is 11.0. The number of methoxy groups -OCH3 is 1. The number of carbonyl (C=O) groups is 4. The van der Waals surface area contributed by atoms with Gasteiger partial charge in [0, 0.05) is 5.56 Å². The molecule has 1 aliphatic rings. The van der Waals surface area contributed by atoms with Crippen LogP contribution >= 0.6 is 0 Å². The van der Waals surface area contributed by atoms with Crippen LogP contribution in [0.5, 0.6) is 0 Å². The fourth-order valence-corrected chi connectivity index (χ4v) is 2.27. The number of hydrogen-bond donors (Lipinski definition) is 2. The number of nitrogens with zero attached hydrogens (tertiary/aromatic N) is 1. The Morgan fingerprint density at radius 1 is 1.35 bits per heavy atom. The maximum atomic E-state index is 12.3. The predicted octanol–water partition coefficient (Wildman–Crippen LogP) is -1.14. The minimum Gasteiger partial charge on any atom is -0.467 e. The lowest BCUT2D eigenvalue weighted by Gasteiger charge is -2.26. The van der Waals surface area contributed by atoms with Crippen molar-refractivity contribution in [3.05, 3.63) is 35.4 Å². The van der Waals surface area contributed by atoms with Crippen molar-refractivity contribution >= 4 is 23.7 Å². The van der Waals surface area contributed by atoms with Crippen LogP contribution in [-0.2, 0) is 25.5 Å². The summed E-state index contributed by atoms with van der Waals surface area (Å²) in [7, 11) is 1.12. The van der Waals surface area contributed by atoms with E-state index in [2.05, 4.69) is 10.1 Å². The highest BCUT2D eigenvalue weighted by atomic mass is 16.5. The summed E-state index contributed by atoms with van der Waals surface area (Å²) in [5.41, 5.74) is 0.980. The molecule has 23 heavy (non-hydrogen) atoms. The van der Waals surface area contributed by atoms with E-state index >= 15 is 0 Å². The number of esters is 1. The van der Waals surface area contributed by atoms with E-state index in [0.29, 0.717) is 11.1 Å². The number of rotatable bonds is 5. The van der Waals surface area contributed by atoms with Gasteiger partial charge < -0.3 is 15.2 Å². The number of fused-ring (bicyclic) bond motifs is 1. The number of hydrogen-bond acceptors (Lipinski definition) is 6. The molecule has 2 N–H and O–H groups in total. The molecule has 1 aromatic carbocycles. The average Bonchev–Trinajstić information content (AvgIpc) is 2.55. The van der Waals surface area contributed by atoms with Crippen molar-refractivity contribution < 1.29 is 29.0 Å². The Kier molecular flexibility index (Phi) is 5.07. The summed E-state index contributed by atoms with van der Waals surface area (Å²) < 4.78 is 4.42. The van der Waals surface area contributed by atoms with E-state index in [1.807, 2.05) is 0 Å². The molecule has 0 aromatic heterocycles. The summed E-state index contributed by atoms with van der Waals surface area (Å²) in [6, 6.07) is 5.42. The summed E-state index contributed by atoms with van der Waals surface area (Å²) in [4.78, 5) is 48.4. The standard InChI is InChI=1S/C15H16N2O6/c1-23-15(22)11(8-18)16-12(19)7-17-13(20)6-9-4-2-3-5-10(9)14(17)21/h2-5,11,18H,6-8H2,1H3,(H,16,19)/t11-/m1/s1. The number of nitrogens with one attached hydrogen (secondary N) is 1. The topological polar surface area (TPSA) is 113 Å². The van der Waals surface area contributed by atoms with Crippen LogP contribution in [0.1, 0.15) is 15.9 Å². The van der Waals surface area contributed by atoms with Gasteiger partial charge in [-0.3, -0.25) is 19.3 Å². The van der Waals surface area contributed by atoms with Crippen LogP contribution in [0, 0.1) is 0 Å². The van der Waals surface area contributed by atoms with E-state index in [1.165, 1.54) is 0 Å². The zero-order valence-electron chi connectivity index (χ0n) is 12.4. The smallest absolute Gasteiger partial charge is 0.330 e. The van der Waals surface area contributed by atoms with Crippen molar-refractivity contribution in [1.82, 2.24) is 10.2 Å². The number of carbonyl (C=O) groups excluding carboxylic acids is 4. The molecule has 0 saturated heterocycles. The Bertz CT molecular complexity index is 657. The third-order valence-electron chi connectivity index (χ3n) is 3.44. The number of ether oxygens (including phenoxy) is 1. The molecule has 1 aromatic rings. The first-order valence-electron chi connectivity index (χ1n) is 6.88. The SMILES string of the molecule is COC(=O)[C@@H](CO)NC(=O)CN1C(=O)Cc2ccccc2C1=O. The molecule has 0 fully saturated rings. The second-order valence-electron chi connectivity index (χ2n) is 4.94. The van der Waals surface area contributed by atoms with Crippen molar-refractivity contribution in [3.8, 4) is 0 Å². The molecule has 8 heteroatoms. The van der Waals surface area contributed by atoms with Crippen molar-refractivity contribution in [2.75, 3.05) is 20.3 Å². The highest BCUT2D eigenvalue weighted by Gasteiger charge is 2.32. The van der Waals surface area contributed by atoms with E-state index in [-0.39, 0.29) is 6.42 Å². The van der Waals surface area contributed by atoms with Crippen molar-refractivity contribution in [2.24, 2.45) is 0 Å². The molecule has 3 amide bonds. The maximum Gasteiger partial charge on any atom is 0.330 e. The van der Waals surface area contributed by atoms with E-state index in [4.69, 9.17) is 5.11 Å². The summed E-state index contributed by atoms with van der Waals surface area (Å²) in [6.45, 7) is -1.18. The first-order valence-corrected chi connectivity index (χ1v) is 6.88. The Hall–Kier alpha value is -2.74. The van der Waals surface area contributed by atoms with E-state index in [9.17, 15) is 19.2 Å². The van der Waals surface area contributed by atoms with Crippen LogP contribution in [0.3, 0.4) is 0 Å². The third kappa shape index (κ3) is 3.54. The van der Waals surface area contributed by atoms with Gasteiger partial charge in [-0.25, -0.2) is 4.79 Å². The van der Waals surface area contributed by atoms with E-state index in [0.717, 1.165) is 12.0 Å². The summed E-state index contributed by atoms with van der Waals surface area (Å²) >= 11 is 0. The number of aliphatic hydroxyl groups excluding tert-OH is 1. The largest absolute Gasteiger partial charge is 0.467 e. The lowest BCUT2D eigenvalue weighted by molar-refractivity contribution is -0.146. The molecular formula is C15H16N2O6. The molecule has 0 radical (unpaired) electrons. The average molecular weight is 320 g/mol. The molecule has 1 atom stereocenters. The summed E-state index contributed by atoms with van der Waals surface area (Å²) in [5, 5.41) is 11.3. The van der Waals surface area contributed by atoms with Gasteiger partial charge in [-0.2, -0.15) is 0 Å². The van der Waals surface area contributed by atoms with Crippen LogP contribution in [0.15, 0.2) is 24.3 Å². The van der Waals surface area contributed by atoms with Gasteiger partial charge in [-0.05, 0) is 11.6 Å². The Morgan fingerprint density at radius 3 is 2.70 bits per heavy atom. The zero-order valence-corrected chi connectivity index (χ0v) is 12.4. The molecule has 0 unspecified atom stereocenters. The molecule has 2 rings (SSSR count). The highest BCUT2D eigenvalue weighted by molar-refractivity contribution is 6.11. The van der Waals surface area contributed by atoms with Gasteiger partial charge in [0.15, 0.2) is 6.04 Å². The fourth-order valence-electron chi connectivity index (χ4n) is 2.27. The molecule has 0 spiro atoms. The van der Waals surface area contributed by atoms with Gasteiger partial charge in [0.25, 0.3) is 5.91 Å². The van der Waals surface area contributed by atoms with Crippen LogP contribution in [-0.4, -0.2) is 60.0 Å². The second kappa shape index (κ2) is 7.01. The molecule has 1 aliphatic heterocycles. The van der Waals surface area contributed by atoms with E-state index in [1.54, 1.807) is 24.3 Å². The van der Waals surface area contributed by atoms with Crippen molar-refractivity contribution in [2.45, 2.75) is 12.5 Å². The quantitative estimate of drug-likeness (QED) is 0.524. The second-order valence-corrected chi connectivity index (χ2v) is 4.94. The van der Waals surface area contributed by atoms with E-state index < -0.39 is 42.9 Å². The normalized spacial score (nSPS) is 15.0. The molecular weight excluding hydrogens is 304 g/mol. The lowest BCUT2D eigenvalue weighted by atomic mass is 9.98. The minimum atomic E-state index is -1.24. The minimum absolute atomic E-state index is 0.0234. The molecule has 0 bridgehead atoms. The fraction of sp³-hybridized carbons (Fsp3) is 0.333. The van der Waals surface area contributed by atoms with Gasteiger partial charge in [-0.15, -0.1) is 0 Å². The summed E-state index contributed by atoms with van der Waals surface area (Å²) in [6.07, 6.45) is 0.0234. The molecule has 122 valence electrons. The van der Waals surface area contributed by atoms with Crippen molar-refractivity contribution in [3.63, 3.8) is 0 Å². The van der Waals surface area contributed by atoms with Crippen molar-refractivity contribution in [1.29, 1.82) is 0 Å². The van der Waals surface area contributed by atoms with Crippen LogP contribution < -0.4 is 5.32 Å². The Labute approximate surface area is 132 Å². The number of aliphatic hydroxyl groups is 1. The van der Waals surface area contributed by atoms with Crippen LogP contribution in [0.4, 0.5) is 0 Å². The van der Waals surface area contributed by atoms with Gasteiger partial charge in [0.05, 0.1) is 20.1 Å². The highest BCUT2D eigenvalue weighted by Crippen LogP contribution is 2.19. The van der Waals surface area contributed by atoms with Crippen LogP contribution in [0.25, 0.3) is 0 Å². The Balaban J connectivity index is 2.08.